The minimum Gasteiger partial charge on any atom is -0.176 e. The van der Waals surface area contributed by atoms with Gasteiger partial charge in [0.1, 0.15) is 0 Å². The minimum absolute atomic E-state index is 0.0764. The molecule has 0 N–H and O–H groups in total. The predicted octanol–water partition coefficient (Wildman–Crippen LogP) is 1.92. The fourth-order valence-corrected chi connectivity index (χ4v) is 0.827. The fourth-order valence-electron chi connectivity index (χ4n) is 0.827. The SMILES string of the molecule is CCc1ccnn1C(F)(F)F. The van der Waals surface area contributed by atoms with E-state index in [1.165, 1.54) is 6.07 Å². The number of hydrogen-bond donors (Lipinski definition) is 0. The zero-order chi connectivity index (χ0) is 8.48. The highest BCUT2D eigenvalue weighted by Gasteiger charge is 2.32. The first-order valence-corrected chi connectivity index (χ1v) is 3.16. The van der Waals surface area contributed by atoms with Crippen LogP contribution in [0.2, 0.25) is 0 Å². The summed E-state index contributed by atoms with van der Waals surface area (Å²) >= 11 is 0. The van der Waals surface area contributed by atoms with E-state index in [2.05, 4.69) is 5.10 Å². The van der Waals surface area contributed by atoms with Crippen LogP contribution < -0.4 is 0 Å². The molecule has 0 radical (unpaired) electrons. The number of nitrogens with zero attached hydrogens (tertiary/aromatic N) is 2. The summed E-state index contributed by atoms with van der Waals surface area (Å²) in [5.41, 5.74) is 0.178. The lowest BCUT2D eigenvalue weighted by Gasteiger charge is -2.08. The summed E-state index contributed by atoms with van der Waals surface area (Å²) in [6, 6.07) is 1.35. The van der Waals surface area contributed by atoms with Crippen molar-refractivity contribution in [2.45, 2.75) is 19.6 Å². The molecule has 0 aromatic carbocycles. The van der Waals surface area contributed by atoms with Crippen molar-refractivity contribution in [1.82, 2.24) is 9.78 Å². The lowest BCUT2D eigenvalue weighted by Crippen LogP contribution is -2.20. The quantitative estimate of drug-likeness (QED) is 0.620. The number of aryl methyl sites for hydroxylation is 1. The van der Waals surface area contributed by atoms with E-state index < -0.39 is 6.30 Å². The second-order valence-corrected chi connectivity index (χ2v) is 2.06. The van der Waals surface area contributed by atoms with Crippen LogP contribution in [-0.2, 0) is 12.7 Å². The van der Waals surface area contributed by atoms with Gasteiger partial charge in [-0.3, -0.25) is 0 Å². The van der Waals surface area contributed by atoms with Crippen LogP contribution in [0.5, 0.6) is 0 Å². The van der Waals surface area contributed by atoms with Crippen molar-refractivity contribution in [2.24, 2.45) is 0 Å². The van der Waals surface area contributed by atoms with Crippen molar-refractivity contribution >= 4 is 0 Å². The summed E-state index contributed by atoms with van der Waals surface area (Å²) in [5, 5.41) is 3.15. The van der Waals surface area contributed by atoms with E-state index in [9.17, 15) is 13.2 Å². The van der Waals surface area contributed by atoms with Crippen LogP contribution in [0.15, 0.2) is 12.3 Å². The fraction of sp³-hybridized carbons (Fsp3) is 0.500. The van der Waals surface area contributed by atoms with Gasteiger partial charge in [0.2, 0.25) is 0 Å². The molecule has 0 unspecified atom stereocenters. The summed E-state index contributed by atoms with van der Waals surface area (Å²) in [6.07, 6.45) is -2.90. The second kappa shape index (κ2) is 2.56. The lowest BCUT2D eigenvalue weighted by molar-refractivity contribution is -0.213. The first-order chi connectivity index (χ1) is 5.05. The summed E-state index contributed by atoms with van der Waals surface area (Å²) < 4.78 is 36.0. The number of halogens is 3. The van der Waals surface area contributed by atoms with E-state index >= 15 is 0 Å². The van der Waals surface area contributed by atoms with Crippen LogP contribution in [0.3, 0.4) is 0 Å². The smallest absolute Gasteiger partial charge is 0.176 e. The van der Waals surface area contributed by atoms with Crippen molar-refractivity contribution in [3.63, 3.8) is 0 Å². The first-order valence-electron chi connectivity index (χ1n) is 3.16. The van der Waals surface area contributed by atoms with Gasteiger partial charge < -0.3 is 0 Å². The molecule has 0 bridgehead atoms. The zero-order valence-electron chi connectivity index (χ0n) is 5.89. The van der Waals surface area contributed by atoms with Gasteiger partial charge in [-0.05, 0) is 12.5 Å². The van der Waals surface area contributed by atoms with Gasteiger partial charge in [0, 0.05) is 11.9 Å². The van der Waals surface area contributed by atoms with Crippen LogP contribution in [-0.4, -0.2) is 9.78 Å². The molecule has 62 valence electrons. The monoisotopic (exact) mass is 164 g/mol. The van der Waals surface area contributed by atoms with Crippen LogP contribution in [0.25, 0.3) is 0 Å². The third kappa shape index (κ3) is 1.53. The van der Waals surface area contributed by atoms with Crippen LogP contribution in [0.1, 0.15) is 12.6 Å². The highest BCUT2D eigenvalue weighted by atomic mass is 19.4. The third-order valence-electron chi connectivity index (χ3n) is 1.32. The van der Waals surface area contributed by atoms with Gasteiger partial charge in [0.15, 0.2) is 0 Å². The molecule has 0 fully saturated rings. The maximum Gasteiger partial charge on any atom is 0.504 e. The Bertz CT molecular complexity index is 238. The van der Waals surface area contributed by atoms with Crippen molar-refractivity contribution < 1.29 is 13.2 Å². The van der Waals surface area contributed by atoms with Crippen LogP contribution in [0, 0.1) is 0 Å². The molecule has 5 heteroatoms. The van der Waals surface area contributed by atoms with E-state index in [0.29, 0.717) is 6.42 Å². The Morgan fingerprint density at radius 1 is 1.55 bits per heavy atom. The second-order valence-electron chi connectivity index (χ2n) is 2.06. The molecule has 0 spiro atoms. The van der Waals surface area contributed by atoms with Gasteiger partial charge in [-0.1, -0.05) is 6.92 Å². The van der Waals surface area contributed by atoms with Crippen molar-refractivity contribution in [1.29, 1.82) is 0 Å². The van der Waals surface area contributed by atoms with E-state index in [-0.39, 0.29) is 10.4 Å². The van der Waals surface area contributed by atoms with Crippen LogP contribution >= 0.6 is 0 Å². The Labute approximate surface area is 61.6 Å². The van der Waals surface area contributed by atoms with Gasteiger partial charge in [-0.2, -0.15) is 9.78 Å². The van der Waals surface area contributed by atoms with E-state index in [1.807, 2.05) is 0 Å². The molecule has 1 aromatic rings. The number of hydrogen-bond acceptors (Lipinski definition) is 1. The molecular weight excluding hydrogens is 157 g/mol. The Morgan fingerprint density at radius 2 is 2.18 bits per heavy atom. The summed E-state index contributed by atoms with van der Waals surface area (Å²) in [4.78, 5) is 0. The third-order valence-corrected chi connectivity index (χ3v) is 1.32. The maximum absolute atomic E-state index is 12.0. The highest BCUT2D eigenvalue weighted by Crippen LogP contribution is 2.22. The Balaban J connectivity index is 3.02. The summed E-state index contributed by atoms with van der Waals surface area (Å²) in [7, 11) is 0. The Morgan fingerprint density at radius 3 is 2.55 bits per heavy atom. The Kier molecular flexibility index (Phi) is 1.89. The molecule has 0 aliphatic heterocycles. The lowest BCUT2D eigenvalue weighted by atomic mass is 10.3. The number of aromatic nitrogens is 2. The Hall–Kier alpha value is -1.00. The van der Waals surface area contributed by atoms with Gasteiger partial charge in [0.25, 0.3) is 0 Å². The normalized spacial score (nSPS) is 12.0. The molecule has 0 atom stereocenters. The van der Waals surface area contributed by atoms with Gasteiger partial charge in [0.05, 0.1) is 0 Å². The van der Waals surface area contributed by atoms with Crippen molar-refractivity contribution in [3.05, 3.63) is 18.0 Å². The van der Waals surface area contributed by atoms with Gasteiger partial charge in [-0.25, -0.2) is 0 Å². The molecule has 1 rings (SSSR count). The minimum atomic E-state index is -4.38. The molecule has 0 aliphatic carbocycles. The molecular formula is C6H7F3N2. The predicted molar refractivity (Wildman–Crippen MR) is 32.9 cm³/mol. The van der Waals surface area contributed by atoms with Crippen LogP contribution in [0.4, 0.5) is 13.2 Å². The van der Waals surface area contributed by atoms with Gasteiger partial charge in [-0.15, -0.1) is 13.2 Å². The zero-order valence-corrected chi connectivity index (χ0v) is 5.89. The van der Waals surface area contributed by atoms with E-state index in [1.54, 1.807) is 6.92 Å². The number of rotatable bonds is 1. The summed E-state index contributed by atoms with van der Waals surface area (Å²) in [6.45, 7) is 1.65. The molecule has 0 aliphatic rings. The topological polar surface area (TPSA) is 17.8 Å². The summed E-state index contributed by atoms with van der Waals surface area (Å²) in [5.74, 6) is 0. The molecule has 11 heavy (non-hydrogen) atoms. The maximum atomic E-state index is 12.0. The molecule has 1 aromatic heterocycles. The highest BCUT2D eigenvalue weighted by molar-refractivity contribution is 5.00. The molecule has 0 saturated heterocycles. The van der Waals surface area contributed by atoms with Crippen molar-refractivity contribution in [3.8, 4) is 0 Å². The first kappa shape index (κ1) is 8.10. The molecule has 0 saturated carbocycles. The number of alkyl halides is 3. The molecule has 1 heterocycles. The largest absolute Gasteiger partial charge is 0.504 e. The van der Waals surface area contributed by atoms with Gasteiger partial charge >= 0.3 is 6.30 Å². The van der Waals surface area contributed by atoms with E-state index in [4.69, 9.17) is 0 Å². The molecule has 0 amide bonds. The average molecular weight is 164 g/mol. The van der Waals surface area contributed by atoms with Crippen molar-refractivity contribution in [2.75, 3.05) is 0 Å². The standard InChI is InChI=1S/C6H7F3N2/c1-2-5-3-4-10-11(5)6(7,8)9/h3-4H,2H2,1H3. The van der Waals surface area contributed by atoms with E-state index in [0.717, 1.165) is 6.20 Å². The molecule has 2 nitrogen and oxygen atoms in total. The average Bonchev–Trinajstić information content (AvgIpc) is 2.31.